The van der Waals surface area contributed by atoms with Gasteiger partial charge in [0.1, 0.15) is 5.75 Å². The maximum absolute atomic E-state index is 5.70. The van der Waals surface area contributed by atoms with E-state index >= 15 is 0 Å². The van der Waals surface area contributed by atoms with Crippen LogP contribution < -0.4 is 15.4 Å². The van der Waals surface area contributed by atoms with Crippen LogP contribution >= 0.6 is 0 Å². The number of aryl methyl sites for hydroxylation is 1. The van der Waals surface area contributed by atoms with Gasteiger partial charge in [-0.3, -0.25) is 0 Å². The van der Waals surface area contributed by atoms with Gasteiger partial charge in [0.05, 0.1) is 6.10 Å². The highest BCUT2D eigenvalue weighted by molar-refractivity contribution is 5.52. The molecule has 1 aromatic rings. The molecular formula is C13H22N2O. The van der Waals surface area contributed by atoms with Crippen LogP contribution in [0.2, 0.25) is 0 Å². The largest absolute Gasteiger partial charge is 0.491 e. The molecule has 0 fully saturated rings. The van der Waals surface area contributed by atoms with Crippen LogP contribution in [-0.2, 0) is 0 Å². The number of likely N-dealkylation sites (N-methyl/N-ethyl adjacent to an activating group) is 1. The Morgan fingerprint density at radius 2 is 2.06 bits per heavy atom. The van der Waals surface area contributed by atoms with Gasteiger partial charge in [-0.05, 0) is 44.5 Å². The average Bonchev–Trinajstić information content (AvgIpc) is 2.20. The quantitative estimate of drug-likeness (QED) is 0.830. The summed E-state index contributed by atoms with van der Waals surface area (Å²) >= 11 is 0. The van der Waals surface area contributed by atoms with Gasteiger partial charge in [-0.15, -0.1) is 0 Å². The van der Waals surface area contributed by atoms with Crippen molar-refractivity contribution in [2.45, 2.75) is 26.9 Å². The highest BCUT2D eigenvalue weighted by atomic mass is 16.5. The summed E-state index contributed by atoms with van der Waals surface area (Å²) in [7, 11) is 2.05. The van der Waals surface area contributed by atoms with Crippen molar-refractivity contribution in [3.63, 3.8) is 0 Å². The van der Waals surface area contributed by atoms with Crippen LogP contribution in [0.1, 0.15) is 19.4 Å². The van der Waals surface area contributed by atoms with Crippen molar-refractivity contribution in [2.75, 3.05) is 25.0 Å². The van der Waals surface area contributed by atoms with Crippen LogP contribution in [0.4, 0.5) is 5.69 Å². The van der Waals surface area contributed by atoms with Crippen LogP contribution in [0.5, 0.6) is 5.75 Å². The van der Waals surface area contributed by atoms with Crippen LogP contribution in [-0.4, -0.2) is 26.2 Å². The third-order valence-corrected chi connectivity index (χ3v) is 2.43. The Balaban J connectivity index is 2.82. The van der Waals surface area contributed by atoms with Gasteiger partial charge in [-0.25, -0.2) is 0 Å². The van der Waals surface area contributed by atoms with E-state index in [1.165, 1.54) is 5.69 Å². The zero-order valence-corrected chi connectivity index (χ0v) is 10.7. The molecule has 16 heavy (non-hydrogen) atoms. The van der Waals surface area contributed by atoms with E-state index in [0.717, 1.165) is 17.9 Å². The summed E-state index contributed by atoms with van der Waals surface area (Å²) < 4.78 is 5.70. The summed E-state index contributed by atoms with van der Waals surface area (Å²) in [5.74, 6) is 0.958. The smallest absolute Gasteiger partial charge is 0.122 e. The Kier molecular flexibility index (Phi) is 4.62. The summed E-state index contributed by atoms with van der Waals surface area (Å²) in [6, 6.07) is 6.23. The van der Waals surface area contributed by atoms with E-state index in [9.17, 15) is 0 Å². The molecule has 0 bridgehead atoms. The van der Waals surface area contributed by atoms with E-state index < -0.39 is 0 Å². The first-order valence-electron chi connectivity index (χ1n) is 5.73. The number of nitrogens with two attached hydrogens (primary N) is 1. The maximum atomic E-state index is 5.70. The predicted octanol–water partition coefficient (Wildman–Crippen LogP) is 2.18. The van der Waals surface area contributed by atoms with E-state index in [4.69, 9.17) is 10.5 Å². The van der Waals surface area contributed by atoms with Gasteiger partial charge < -0.3 is 15.4 Å². The summed E-state index contributed by atoms with van der Waals surface area (Å²) in [6.45, 7) is 7.67. The molecule has 0 unspecified atom stereocenters. The lowest BCUT2D eigenvalue weighted by molar-refractivity contribution is 0.241. The second-order valence-electron chi connectivity index (χ2n) is 4.33. The lowest BCUT2D eigenvalue weighted by atomic mass is 10.2. The predicted molar refractivity (Wildman–Crippen MR) is 69.3 cm³/mol. The summed E-state index contributed by atoms with van der Waals surface area (Å²) in [6.07, 6.45) is 0.214. The molecule has 90 valence electrons. The molecule has 0 heterocycles. The van der Waals surface area contributed by atoms with Crippen molar-refractivity contribution in [3.8, 4) is 5.75 Å². The molecule has 0 saturated heterocycles. The van der Waals surface area contributed by atoms with Crippen LogP contribution in [0.15, 0.2) is 18.2 Å². The first kappa shape index (κ1) is 12.8. The molecule has 2 N–H and O–H groups in total. The molecule has 0 aromatic heterocycles. The van der Waals surface area contributed by atoms with E-state index in [2.05, 4.69) is 24.0 Å². The number of anilines is 1. The molecular weight excluding hydrogens is 200 g/mol. The second kappa shape index (κ2) is 5.75. The Hall–Kier alpha value is -1.22. The van der Waals surface area contributed by atoms with E-state index in [1.54, 1.807) is 0 Å². The normalized spacial score (nSPS) is 10.6. The van der Waals surface area contributed by atoms with Gasteiger partial charge in [0, 0.05) is 25.8 Å². The fourth-order valence-electron chi connectivity index (χ4n) is 1.58. The van der Waals surface area contributed by atoms with Crippen LogP contribution in [0.25, 0.3) is 0 Å². The Morgan fingerprint density at radius 3 is 2.56 bits per heavy atom. The molecule has 0 aliphatic heterocycles. The zero-order chi connectivity index (χ0) is 12.1. The minimum atomic E-state index is 0.214. The number of nitrogens with zero attached hydrogens (tertiary/aromatic N) is 1. The second-order valence-corrected chi connectivity index (χ2v) is 4.33. The van der Waals surface area contributed by atoms with Gasteiger partial charge in [0.25, 0.3) is 0 Å². The lowest BCUT2D eigenvalue weighted by Gasteiger charge is -2.20. The number of hydrogen-bond donors (Lipinski definition) is 1. The molecule has 0 atom stereocenters. The molecule has 0 saturated carbocycles. The van der Waals surface area contributed by atoms with Gasteiger partial charge in [-0.2, -0.15) is 0 Å². The Bertz CT molecular complexity index is 337. The summed E-state index contributed by atoms with van der Waals surface area (Å²) in [5.41, 5.74) is 7.88. The van der Waals surface area contributed by atoms with Crippen LogP contribution in [0, 0.1) is 6.92 Å². The van der Waals surface area contributed by atoms with Crippen molar-refractivity contribution in [3.05, 3.63) is 23.8 Å². The molecule has 0 radical (unpaired) electrons. The third kappa shape index (κ3) is 3.42. The topological polar surface area (TPSA) is 38.5 Å². The first-order valence-corrected chi connectivity index (χ1v) is 5.73. The van der Waals surface area contributed by atoms with Gasteiger partial charge in [-0.1, -0.05) is 0 Å². The fourth-order valence-corrected chi connectivity index (χ4v) is 1.58. The van der Waals surface area contributed by atoms with Crippen molar-refractivity contribution in [2.24, 2.45) is 5.73 Å². The van der Waals surface area contributed by atoms with E-state index in [-0.39, 0.29) is 6.10 Å². The molecule has 1 rings (SSSR count). The monoisotopic (exact) mass is 222 g/mol. The molecule has 3 nitrogen and oxygen atoms in total. The fraction of sp³-hybridized carbons (Fsp3) is 0.538. The van der Waals surface area contributed by atoms with Crippen molar-refractivity contribution >= 4 is 5.69 Å². The molecule has 0 aliphatic carbocycles. The minimum absolute atomic E-state index is 0.214. The number of rotatable bonds is 5. The summed E-state index contributed by atoms with van der Waals surface area (Å²) in [4.78, 5) is 2.14. The summed E-state index contributed by atoms with van der Waals surface area (Å²) in [5, 5.41) is 0. The van der Waals surface area contributed by atoms with Crippen LogP contribution in [0.3, 0.4) is 0 Å². The van der Waals surface area contributed by atoms with Gasteiger partial charge in [0.2, 0.25) is 0 Å². The Morgan fingerprint density at radius 1 is 1.38 bits per heavy atom. The molecule has 3 heteroatoms. The Labute approximate surface area is 98.2 Å². The standard InChI is InChI=1S/C13H22N2O/c1-10(2)16-13-6-5-12(9-11(13)3)15(4)8-7-14/h5-6,9-10H,7-8,14H2,1-4H3. The van der Waals surface area contributed by atoms with E-state index in [0.29, 0.717) is 6.54 Å². The number of hydrogen-bond acceptors (Lipinski definition) is 3. The van der Waals surface area contributed by atoms with Gasteiger partial charge in [0.15, 0.2) is 0 Å². The zero-order valence-electron chi connectivity index (χ0n) is 10.7. The van der Waals surface area contributed by atoms with Gasteiger partial charge >= 0.3 is 0 Å². The lowest BCUT2D eigenvalue weighted by Crippen LogP contribution is -2.24. The van der Waals surface area contributed by atoms with E-state index in [1.807, 2.05) is 27.0 Å². The minimum Gasteiger partial charge on any atom is -0.491 e. The number of benzene rings is 1. The highest BCUT2D eigenvalue weighted by Gasteiger charge is 2.05. The molecule has 0 amide bonds. The highest BCUT2D eigenvalue weighted by Crippen LogP contribution is 2.24. The first-order chi connectivity index (χ1) is 7.54. The van der Waals surface area contributed by atoms with Crippen molar-refractivity contribution in [1.82, 2.24) is 0 Å². The SMILES string of the molecule is Cc1cc(N(C)CCN)ccc1OC(C)C. The molecule has 1 aromatic carbocycles. The maximum Gasteiger partial charge on any atom is 0.122 e. The third-order valence-electron chi connectivity index (χ3n) is 2.43. The molecule has 0 spiro atoms. The molecule has 0 aliphatic rings. The van der Waals surface area contributed by atoms with Crippen molar-refractivity contribution in [1.29, 1.82) is 0 Å². The average molecular weight is 222 g/mol. The number of ether oxygens (including phenoxy) is 1. The van der Waals surface area contributed by atoms with Crippen molar-refractivity contribution < 1.29 is 4.74 Å².